The van der Waals surface area contributed by atoms with Crippen molar-refractivity contribution in [2.45, 2.75) is 0 Å². The van der Waals surface area contributed by atoms with Gasteiger partial charge < -0.3 is 5.21 Å². The fraction of sp³-hybridized carbons (Fsp3) is 0. The molecule has 60 valence electrons. The van der Waals surface area contributed by atoms with Crippen molar-refractivity contribution in [3.05, 3.63) is 30.0 Å². The highest BCUT2D eigenvalue weighted by atomic mass is 32.1. The van der Waals surface area contributed by atoms with E-state index < -0.39 is 0 Å². The van der Waals surface area contributed by atoms with Gasteiger partial charge in [-0.2, -0.15) is 4.37 Å². The topological polar surface area (TPSA) is 45.5 Å². The lowest BCUT2D eigenvalue weighted by molar-refractivity contribution is 0.322. The molecular formula is C8H6N2OS. The van der Waals surface area contributed by atoms with Gasteiger partial charge in [-0.1, -0.05) is 23.4 Å². The monoisotopic (exact) mass is 178 g/mol. The van der Waals surface area contributed by atoms with Crippen molar-refractivity contribution in [1.82, 2.24) is 4.37 Å². The molecule has 2 aromatic rings. The van der Waals surface area contributed by atoms with E-state index in [-0.39, 0.29) is 0 Å². The number of rotatable bonds is 1. The molecule has 2 rings (SSSR count). The second-order valence-electron chi connectivity index (χ2n) is 2.31. The average Bonchev–Trinajstić information content (AvgIpc) is 2.50. The van der Waals surface area contributed by atoms with Gasteiger partial charge in [0.15, 0.2) is 0 Å². The molecule has 0 bridgehead atoms. The number of hydrogen-bond acceptors (Lipinski definition) is 4. The van der Waals surface area contributed by atoms with E-state index in [4.69, 9.17) is 5.21 Å². The molecule has 0 radical (unpaired) electrons. The zero-order valence-electron chi connectivity index (χ0n) is 6.14. The molecule has 0 spiro atoms. The Labute approximate surface area is 73.1 Å². The first-order valence-electron chi connectivity index (χ1n) is 3.43. The van der Waals surface area contributed by atoms with Crippen LogP contribution in [0.25, 0.3) is 10.1 Å². The molecule has 12 heavy (non-hydrogen) atoms. The van der Waals surface area contributed by atoms with Gasteiger partial charge in [-0.25, -0.2) is 0 Å². The molecule has 1 aromatic heterocycles. The highest BCUT2D eigenvalue weighted by Gasteiger charge is 2.01. The van der Waals surface area contributed by atoms with Gasteiger partial charge in [-0.3, -0.25) is 0 Å². The van der Waals surface area contributed by atoms with Crippen LogP contribution >= 0.6 is 11.5 Å². The van der Waals surface area contributed by atoms with E-state index in [9.17, 15) is 0 Å². The first-order valence-corrected chi connectivity index (χ1v) is 4.21. The number of fused-ring (bicyclic) bond motifs is 1. The van der Waals surface area contributed by atoms with Crippen molar-refractivity contribution < 1.29 is 5.21 Å². The number of hydrogen-bond donors (Lipinski definition) is 1. The zero-order chi connectivity index (χ0) is 8.39. The lowest BCUT2D eigenvalue weighted by Gasteiger charge is -1.85. The van der Waals surface area contributed by atoms with Crippen molar-refractivity contribution in [1.29, 1.82) is 0 Å². The van der Waals surface area contributed by atoms with E-state index in [1.54, 1.807) is 0 Å². The van der Waals surface area contributed by atoms with Crippen LogP contribution in [0.1, 0.15) is 5.69 Å². The number of oxime groups is 1. The third-order valence-electron chi connectivity index (χ3n) is 1.59. The van der Waals surface area contributed by atoms with Gasteiger partial charge in [0.2, 0.25) is 0 Å². The normalized spacial score (nSPS) is 11.3. The van der Waals surface area contributed by atoms with Gasteiger partial charge in [-0.05, 0) is 17.6 Å². The summed E-state index contributed by atoms with van der Waals surface area (Å²) in [5, 5.41) is 12.3. The molecule has 0 saturated carbocycles. The van der Waals surface area contributed by atoms with E-state index in [1.165, 1.54) is 17.7 Å². The van der Waals surface area contributed by atoms with Gasteiger partial charge in [0.25, 0.3) is 0 Å². The minimum absolute atomic E-state index is 0.720. The Kier molecular flexibility index (Phi) is 1.75. The van der Waals surface area contributed by atoms with E-state index in [0.29, 0.717) is 0 Å². The van der Waals surface area contributed by atoms with Gasteiger partial charge in [-0.15, -0.1) is 0 Å². The molecule has 4 heteroatoms. The maximum Gasteiger partial charge on any atom is 0.106 e. The minimum atomic E-state index is 0.720. The summed E-state index contributed by atoms with van der Waals surface area (Å²) in [6.45, 7) is 0. The summed E-state index contributed by atoms with van der Waals surface area (Å²) in [6.07, 6.45) is 1.35. The molecule has 0 saturated heterocycles. The fourth-order valence-electron chi connectivity index (χ4n) is 1.05. The standard InChI is InChI=1S/C8H6N2OS/c11-9-5-7-6-3-1-2-4-8(6)12-10-7/h1-5,11H/b9-5+. The van der Waals surface area contributed by atoms with E-state index >= 15 is 0 Å². The Bertz CT molecular complexity index is 422. The summed E-state index contributed by atoms with van der Waals surface area (Å²) in [5.41, 5.74) is 0.720. The van der Waals surface area contributed by atoms with Gasteiger partial charge in [0.05, 0.1) is 10.9 Å². The second-order valence-corrected chi connectivity index (χ2v) is 3.11. The van der Waals surface area contributed by atoms with Crippen LogP contribution in [0, 0.1) is 0 Å². The number of benzene rings is 1. The highest BCUT2D eigenvalue weighted by molar-refractivity contribution is 7.13. The van der Waals surface area contributed by atoms with Crippen LogP contribution in [-0.2, 0) is 0 Å². The molecule has 0 aliphatic heterocycles. The molecule has 1 N–H and O–H groups in total. The van der Waals surface area contributed by atoms with Gasteiger partial charge >= 0.3 is 0 Å². The molecular weight excluding hydrogens is 172 g/mol. The Morgan fingerprint density at radius 1 is 1.42 bits per heavy atom. The molecule has 0 amide bonds. The Hall–Kier alpha value is -1.42. The quantitative estimate of drug-likeness (QED) is 0.413. The van der Waals surface area contributed by atoms with E-state index in [0.717, 1.165) is 15.8 Å². The molecule has 0 unspecified atom stereocenters. The third-order valence-corrected chi connectivity index (χ3v) is 2.43. The summed E-state index contributed by atoms with van der Waals surface area (Å²) in [7, 11) is 0. The molecule has 0 aliphatic carbocycles. The molecule has 3 nitrogen and oxygen atoms in total. The van der Waals surface area contributed by atoms with Crippen molar-refractivity contribution in [2.24, 2.45) is 5.16 Å². The first kappa shape index (κ1) is 7.24. The summed E-state index contributed by atoms with van der Waals surface area (Å²) in [4.78, 5) is 0. The van der Waals surface area contributed by atoms with Gasteiger partial charge in [0, 0.05) is 5.39 Å². The fourth-order valence-corrected chi connectivity index (χ4v) is 1.81. The lowest BCUT2D eigenvalue weighted by Crippen LogP contribution is -1.79. The Morgan fingerprint density at radius 2 is 2.25 bits per heavy atom. The number of nitrogens with zero attached hydrogens (tertiary/aromatic N) is 2. The van der Waals surface area contributed by atoms with Crippen LogP contribution in [0.5, 0.6) is 0 Å². The average molecular weight is 178 g/mol. The largest absolute Gasteiger partial charge is 0.411 e. The van der Waals surface area contributed by atoms with E-state index in [1.807, 2.05) is 24.3 Å². The van der Waals surface area contributed by atoms with Crippen molar-refractivity contribution in [3.63, 3.8) is 0 Å². The zero-order valence-corrected chi connectivity index (χ0v) is 6.95. The SMILES string of the molecule is O/N=C/c1nsc2ccccc12. The molecule has 1 heterocycles. The summed E-state index contributed by atoms with van der Waals surface area (Å²) < 4.78 is 5.22. The number of aromatic nitrogens is 1. The maximum atomic E-state index is 8.33. The molecule has 1 aromatic carbocycles. The Morgan fingerprint density at radius 3 is 3.08 bits per heavy atom. The summed E-state index contributed by atoms with van der Waals surface area (Å²) in [6, 6.07) is 7.84. The van der Waals surface area contributed by atoms with Crippen molar-refractivity contribution >= 4 is 27.8 Å². The summed E-state index contributed by atoms with van der Waals surface area (Å²) >= 11 is 1.40. The van der Waals surface area contributed by atoms with Crippen LogP contribution in [0.2, 0.25) is 0 Å². The first-order chi connectivity index (χ1) is 5.92. The predicted octanol–water partition coefficient (Wildman–Crippen LogP) is 2.10. The van der Waals surface area contributed by atoms with Gasteiger partial charge in [0.1, 0.15) is 5.69 Å². The van der Waals surface area contributed by atoms with Crippen molar-refractivity contribution in [2.75, 3.05) is 0 Å². The second kappa shape index (κ2) is 2.91. The van der Waals surface area contributed by atoms with E-state index in [2.05, 4.69) is 9.53 Å². The minimum Gasteiger partial charge on any atom is -0.411 e. The van der Waals surface area contributed by atoms with Crippen LogP contribution in [0.15, 0.2) is 29.4 Å². The Balaban J connectivity index is 2.70. The summed E-state index contributed by atoms with van der Waals surface area (Å²) in [5.74, 6) is 0. The third kappa shape index (κ3) is 1.06. The lowest BCUT2D eigenvalue weighted by atomic mass is 10.2. The van der Waals surface area contributed by atoms with Crippen LogP contribution in [0.4, 0.5) is 0 Å². The van der Waals surface area contributed by atoms with Crippen LogP contribution in [0.3, 0.4) is 0 Å². The predicted molar refractivity (Wildman–Crippen MR) is 49.0 cm³/mol. The molecule has 0 aliphatic rings. The molecule has 0 atom stereocenters. The highest BCUT2D eigenvalue weighted by Crippen LogP contribution is 2.20. The molecule has 0 fully saturated rings. The smallest absolute Gasteiger partial charge is 0.106 e. The van der Waals surface area contributed by atoms with Crippen LogP contribution < -0.4 is 0 Å². The van der Waals surface area contributed by atoms with Crippen LogP contribution in [-0.4, -0.2) is 15.8 Å². The van der Waals surface area contributed by atoms with Crippen molar-refractivity contribution in [3.8, 4) is 0 Å². The maximum absolute atomic E-state index is 8.33.